The molecule has 90 valence electrons. The number of fused-ring (bicyclic) bond motifs is 1. The molecule has 0 atom stereocenters. The van der Waals surface area contributed by atoms with Crippen molar-refractivity contribution in [2.24, 2.45) is 5.92 Å². The van der Waals surface area contributed by atoms with Gasteiger partial charge in [0.05, 0.1) is 0 Å². The van der Waals surface area contributed by atoms with Gasteiger partial charge >= 0.3 is 0 Å². The van der Waals surface area contributed by atoms with Gasteiger partial charge in [0, 0.05) is 25.2 Å². The summed E-state index contributed by atoms with van der Waals surface area (Å²) >= 11 is 0. The fraction of sp³-hybridized carbons (Fsp3) is 0.533. The summed E-state index contributed by atoms with van der Waals surface area (Å²) in [5.41, 5.74) is 4.00. The van der Waals surface area contributed by atoms with Gasteiger partial charge in [-0.3, -0.25) is 0 Å². The Kier molecular flexibility index (Phi) is 2.87. The van der Waals surface area contributed by atoms with Gasteiger partial charge in [-0.15, -0.1) is 0 Å². The summed E-state index contributed by atoms with van der Waals surface area (Å²) in [7, 11) is 0. The monoisotopic (exact) mass is 229 g/mol. The van der Waals surface area contributed by atoms with E-state index in [-0.39, 0.29) is 0 Å². The van der Waals surface area contributed by atoms with Crippen LogP contribution in [0.3, 0.4) is 0 Å². The molecule has 3 rings (SSSR count). The molecule has 1 aromatic rings. The van der Waals surface area contributed by atoms with E-state index in [2.05, 4.69) is 23.1 Å². The Morgan fingerprint density at radius 1 is 1.35 bits per heavy atom. The molecule has 2 heteroatoms. The van der Waals surface area contributed by atoms with E-state index in [1.54, 1.807) is 0 Å². The summed E-state index contributed by atoms with van der Waals surface area (Å²) in [6, 6.07) is 6.52. The Bertz CT molecular complexity index is 423. The minimum Gasteiger partial charge on any atom is -0.371 e. The van der Waals surface area contributed by atoms with Crippen molar-refractivity contribution in [3.63, 3.8) is 0 Å². The minimum absolute atomic E-state index is 0.551. The second kappa shape index (κ2) is 4.52. The van der Waals surface area contributed by atoms with E-state index in [0.29, 0.717) is 6.42 Å². The Labute approximate surface area is 103 Å². The predicted octanol–water partition coefficient (Wildman–Crippen LogP) is 2.59. The molecule has 1 aromatic carbocycles. The summed E-state index contributed by atoms with van der Waals surface area (Å²) in [5, 5.41) is 0. The molecule has 2 nitrogen and oxygen atoms in total. The van der Waals surface area contributed by atoms with Crippen molar-refractivity contribution >= 4 is 12.0 Å². The van der Waals surface area contributed by atoms with Crippen LogP contribution in [0.1, 0.15) is 30.4 Å². The molecule has 0 bridgehead atoms. The van der Waals surface area contributed by atoms with Crippen molar-refractivity contribution in [2.75, 3.05) is 18.0 Å². The summed E-state index contributed by atoms with van der Waals surface area (Å²) < 4.78 is 0. The molecule has 1 saturated carbocycles. The molecular formula is C15H19NO. The van der Waals surface area contributed by atoms with Crippen LogP contribution in [0.15, 0.2) is 18.2 Å². The number of hydrogen-bond acceptors (Lipinski definition) is 2. The molecule has 1 aliphatic carbocycles. The maximum absolute atomic E-state index is 10.5. The molecule has 1 aliphatic heterocycles. The Morgan fingerprint density at radius 2 is 2.24 bits per heavy atom. The van der Waals surface area contributed by atoms with Crippen LogP contribution in [-0.2, 0) is 17.6 Å². The van der Waals surface area contributed by atoms with Gasteiger partial charge in [-0.2, -0.15) is 0 Å². The number of rotatable bonds is 4. The first-order chi connectivity index (χ1) is 8.36. The van der Waals surface area contributed by atoms with Crippen molar-refractivity contribution in [3.8, 4) is 0 Å². The van der Waals surface area contributed by atoms with E-state index in [4.69, 9.17) is 0 Å². The second-order valence-corrected chi connectivity index (χ2v) is 5.33. The predicted molar refractivity (Wildman–Crippen MR) is 69.5 cm³/mol. The van der Waals surface area contributed by atoms with E-state index in [1.807, 2.05) is 0 Å². The first-order valence-electron chi connectivity index (χ1n) is 6.67. The highest BCUT2D eigenvalue weighted by Gasteiger charge is 2.25. The van der Waals surface area contributed by atoms with Crippen LogP contribution < -0.4 is 4.90 Å². The van der Waals surface area contributed by atoms with Crippen LogP contribution in [0.2, 0.25) is 0 Å². The Balaban J connectivity index is 1.75. The largest absolute Gasteiger partial charge is 0.371 e. The lowest BCUT2D eigenvalue weighted by atomic mass is 9.85. The number of carbonyl (C=O) groups excluding carboxylic acids is 1. The quantitative estimate of drug-likeness (QED) is 0.740. The number of anilines is 1. The lowest BCUT2D eigenvalue weighted by Gasteiger charge is -2.31. The molecule has 1 fully saturated rings. The highest BCUT2D eigenvalue weighted by molar-refractivity contribution is 5.62. The van der Waals surface area contributed by atoms with Crippen LogP contribution in [0.5, 0.6) is 0 Å². The van der Waals surface area contributed by atoms with Crippen molar-refractivity contribution in [3.05, 3.63) is 29.3 Å². The van der Waals surface area contributed by atoms with Crippen LogP contribution >= 0.6 is 0 Å². The zero-order valence-electron chi connectivity index (χ0n) is 10.2. The normalized spacial score (nSPS) is 18.9. The average molecular weight is 229 g/mol. The van der Waals surface area contributed by atoms with E-state index in [9.17, 15) is 4.79 Å². The van der Waals surface area contributed by atoms with Crippen LogP contribution in [-0.4, -0.2) is 19.4 Å². The highest BCUT2D eigenvalue weighted by atomic mass is 16.1. The Morgan fingerprint density at radius 3 is 2.94 bits per heavy atom. The lowest BCUT2D eigenvalue weighted by molar-refractivity contribution is -0.107. The summed E-state index contributed by atoms with van der Waals surface area (Å²) in [6.07, 6.45) is 6.93. The maximum Gasteiger partial charge on any atom is 0.124 e. The van der Waals surface area contributed by atoms with Crippen molar-refractivity contribution in [2.45, 2.75) is 32.1 Å². The highest BCUT2D eigenvalue weighted by Crippen LogP contribution is 2.33. The Hall–Kier alpha value is -1.31. The smallest absolute Gasteiger partial charge is 0.124 e. The van der Waals surface area contributed by atoms with Gasteiger partial charge in [-0.1, -0.05) is 18.6 Å². The van der Waals surface area contributed by atoms with Crippen LogP contribution in [0.25, 0.3) is 0 Å². The van der Waals surface area contributed by atoms with Crippen molar-refractivity contribution in [1.82, 2.24) is 0 Å². The van der Waals surface area contributed by atoms with Gasteiger partial charge < -0.3 is 9.69 Å². The minimum atomic E-state index is 0.551. The van der Waals surface area contributed by atoms with Gasteiger partial charge in [0.25, 0.3) is 0 Å². The number of carbonyl (C=O) groups is 1. The molecular weight excluding hydrogens is 210 g/mol. The van der Waals surface area contributed by atoms with Crippen LogP contribution in [0.4, 0.5) is 5.69 Å². The van der Waals surface area contributed by atoms with E-state index >= 15 is 0 Å². The molecule has 0 amide bonds. The van der Waals surface area contributed by atoms with Crippen molar-refractivity contribution < 1.29 is 4.79 Å². The van der Waals surface area contributed by atoms with Gasteiger partial charge in [0.1, 0.15) is 6.29 Å². The molecule has 0 spiro atoms. The summed E-state index contributed by atoms with van der Waals surface area (Å²) in [5.74, 6) is 0.926. The molecule has 0 radical (unpaired) electrons. The van der Waals surface area contributed by atoms with Crippen molar-refractivity contribution in [1.29, 1.82) is 0 Å². The third-order valence-corrected chi connectivity index (χ3v) is 4.16. The zero-order valence-corrected chi connectivity index (χ0v) is 10.2. The molecule has 0 unspecified atom stereocenters. The average Bonchev–Trinajstić information content (AvgIpc) is 2.66. The third kappa shape index (κ3) is 2.08. The number of nitrogens with zero attached hydrogens (tertiary/aromatic N) is 1. The fourth-order valence-electron chi connectivity index (χ4n) is 2.92. The SMILES string of the molecule is O=CCc1ccc2c(c1)CCN2CC1CCC1. The zero-order chi connectivity index (χ0) is 11.7. The summed E-state index contributed by atoms with van der Waals surface area (Å²) in [4.78, 5) is 13.1. The van der Waals surface area contributed by atoms with Gasteiger partial charge in [-0.25, -0.2) is 0 Å². The third-order valence-electron chi connectivity index (χ3n) is 4.16. The number of hydrogen-bond donors (Lipinski definition) is 0. The molecule has 0 N–H and O–H groups in total. The molecule has 2 aliphatic rings. The van der Waals surface area contributed by atoms with Gasteiger partial charge in [0.15, 0.2) is 0 Å². The van der Waals surface area contributed by atoms with E-state index < -0.39 is 0 Å². The summed E-state index contributed by atoms with van der Waals surface area (Å²) in [6.45, 7) is 2.40. The number of benzene rings is 1. The fourth-order valence-corrected chi connectivity index (χ4v) is 2.92. The van der Waals surface area contributed by atoms with E-state index in [0.717, 1.165) is 30.7 Å². The van der Waals surface area contributed by atoms with E-state index in [1.165, 1.54) is 37.1 Å². The molecule has 17 heavy (non-hydrogen) atoms. The topological polar surface area (TPSA) is 20.3 Å². The molecule has 1 heterocycles. The lowest BCUT2D eigenvalue weighted by Crippen LogP contribution is -2.31. The van der Waals surface area contributed by atoms with Gasteiger partial charge in [0.2, 0.25) is 0 Å². The first-order valence-corrected chi connectivity index (χ1v) is 6.67. The first kappa shape index (κ1) is 10.8. The standard InChI is InChI=1S/C15H19NO/c17-9-7-12-4-5-15-14(10-12)6-8-16(15)11-13-2-1-3-13/h4-5,9-10,13H,1-3,6-8,11H2. The second-order valence-electron chi connectivity index (χ2n) is 5.33. The molecule has 0 aromatic heterocycles. The van der Waals surface area contributed by atoms with Crippen LogP contribution in [0, 0.1) is 5.92 Å². The number of aldehydes is 1. The molecule has 0 saturated heterocycles. The van der Waals surface area contributed by atoms with Gasteiger partial charge in [-0.05, 0) is 42.4 Å². The maximum atomic E-state index is 10.5.